The molecule has 1 aliphatic rings. The van der Waals surface area contributed by atoms with Crippen molar-refractivity contribution in [1.29, 1.82) is 0 Å². The molecule has 92 valence electrons. The maximum absolute atomic E-state index is 11.8. The molecule has 0 aromatic rings. The van der Waals surface area contributed by atoms with Crippen LogP contribution in [0.4, 0.5) is 0 Å². The Labute approximate surface area is 98.0 Å². The van der Waals surface area contributed by atoms with E-state index in [9.17, 15) is 9.59 Å². The second-order valence-corrected chi connectivity index (χ2v) is 5.77. The van der Waals surface area contributed by atoms with Gasteiger partial charge < -0.3 is 5.32 Å². The molecule has 0 radical (unpaired) electrons. The zero-order valence-corrected chi connectivity index (χ0v) is 10.8. The fourth-order valence-corrected chi connectivity index (χ4v) is 2.03. The van der Waals surface area contributed by atoms with E-state index in [0.717, 1.165) is 19.3 Å². The third kappa shape index (κ3) is 3.32. The topological polar surface area (TPSA) is 46.2 Å². The molecule has 1 rings (SSSR count). The molecule has 0 unspecified atom stereocenters. The van der Waals surface area contributed by atoms with Crippen molar-refractivity contribution in [2.24, 2.45) is 11.3 Å². The van der Waals surface area contributed by atoms with Crippen LogP contribution in [0.1, 0.15) is 53.4 Å². The van der Waals surface area contributed by atoms with Gasteiger partial charge in [-0.3, -0.25) is 9.59 Å². The van der Waals surface area contributed by atoms with E-state index in [1.165, 1.54) is 0 Å². The number of hydrogen-bond acceptors (Lipinski definition) is 2. The molecular formula is C13H23NO2. The summed E-state index contributed by atoms with van der Waals surface area (Å²) < 4.78 is 0. The Morgan fingerprint density at radius 2 is 2.00 bits per heavy atom. The predicted molar refractivity (Wildman–Crippen MR) is 64.0 cm³/mol. The van der Waals surface area contributed by atoms with Gasteiger partial charge in [0.2, 0.25) is 5.91 Å². The minimum atomic E-state index is -0.370. The highest BCUT2D eigenvalue weighted by molar-refractivity contribution is 5.85. The molecule has 2 atom stereocenters. The zero-order valence-electron chi connectivity index (χ0n) is 10.8. The highest BCUT2D eigenvalue weighted by Crippen LogP contribution is 2.24. The normalized spacial score (nSPS) is 26.6. The summed E-state index contributed by atoms with van der Waals surface area (Å²) in [5, 5.41) is 2.97. The summed E-state index contributed by atoms with van der Waals surface area (Å²) in [5.41, 5.74) is -0.370. The van der Waals surface area contributed by atoms with Crippen LogP contribution in [0.15, 0.2) is 0 Å². The van der Waals surface area contributed by atoms with E-state index >= 15 is 0 Å². The van der Waals surface area contributed by atoms with Gasteiger partial charge in [0.1, 0.15) is 5.78 Å². The van der Waals surface area contributed by atoms with Crippen LogP contribution in [0.2, 0.25) is 0 Å². The van der Waals surface area contributed by atoms with E-state index in [-0.39, 0.29) is 23.3 Å². The Morgan fingerprint density at radius 3 is 2.44 bits per heavy atom. The monoisotopic (exact) mass is 225 g/mol. The van der Waals surface area contributed by atoms with Gasteiger partial charge in [0.25, 0.3) is 0 Å². The van der Waals surface area contributed by atoms with Crippen molar-refractivity contribution in [1.82, 2.24) is 5.32 Å². The molecule has 0 aromatic carbocycles. The van der Waals surface area contributed by atoms with Crippen LogP contribution in [0.3, 0.4) is 0 Å². The van der Waals surface area contributed by atoms with Gasteiger partial charge in [0.15, 0.2) is 0 Å². The number of nitrogens with one attached hydrogen (secondary N) is 1. The lowest BCUT2D eigenvalue weighted by Crippen LogP contribution is -2.45. The van der Waals surface area contributed by atoms with Crippen molar-refractivity contribution >= 4 is 11.7 Å². The minimum Gasteiger partial charge on any atom is -0.352 e. The highest BCUT2D eigenvalue weighted by Gasteiger charge is 2.30. The van der Waals surface area contributed by atoms with Gasteiger partial charge in [-0.1, -0.05) is 27.7 Å². The molecule has 0 bridgehead atoms. The van der Waals surface area contributed by atoms with Crippen molar-refractivity contribution in [3.05, 3.63) is 0 Å². The highest BCUT2D eigenvalue weighted by atomic mass is 16.2. The summed E-state index contributed by atoms with van der Waals surface area (Å²) in [4.78, 5) is 23.5. The number of carbonyl (C=O) groups excluding carboxylic acids is 2. The average molecular weight is 225 g/mol. The van der Waals surface area contributed by atoms with E-state index in [4.69, 9.17) is 0 Å². The summed E-state index contributed by atoms with van der Waals surface area (Å²) >= 11 is 0. The van der Waals surface area contributed by atoms with Crippen LogP contribution in [-0.2, 0) is 9.59 Å². The maximum atomic E-state index is 11.8. The lowest BCUT2D eigenvalue weighted by atomic mass is 9.83. The molecule has 0 aromatic heterocycles. The van der Waals surface area contributed by atoms with Crippen molar-refractivity contribution in [2.45, 2.75) is 59.4 Å². The molecule has 3 nitrogen and oxygen atoms in total. The number of amides is 1. The third-order valence-electron chi connectivity index (χ3n) is 3.28. The first-order valence-electron chi connectivity index (χ1n) is 6.18. The van der Waals surface area contributed by atoms with E-state index in [1.807, 2.05) is 20.8 Å². The molecule has 0 spiro atoms. The third-order valence-corrected chi connectivity index (χ3v) is 3.28. The Hall–Kier alpha value is -0.860. The van der Waals surface area contributed by atoms with Gasteiger partial charge in [-0.25, -0.2) is 0 Å². The summed E-state index contributed by atoms with van der Waals surface area (Å²) in [6.45, 7) is 7.72. The molecule has 1 aliphatic carbocycles. The molecule has 16 heavy (non-hydrogen) atoms. The molecule has 0 saturated heterocycles. The standard InChI is InChI=1S/C13H23NO2/c1-5-9-6-7-10(8-11(9)15)14-12(16)13(2,3)4/h9-10H,5-8H2,1-4H3,(H,14,16)/t9-,10-/m0/s1. The zero-order chi connectivity index (χ0) is 12.3. The van der Waals surface area contributed by atoms with Crippen LogP contribution in [0.25, 0.3) is 0 Å². The molecule has 1 fully saturated rings. The maximum Gasteiger partial charge on any atom is 0.225 e. The second kappa shape index (κ2) is 4.98. The minimum absolute atomic E-state index is 0.0419. The molecule has 3 heteroatoms. The SMILES string of the molecule is CC[C@H]1CC[C@H](NC(=O)C(C)(C)C)CC1=O. The summed E-state index contributed by atoms with van der Waals surface area (Å²) in [5.74, 6) is 0.580. The number of hydrogen-bond donors (Lipinski definition) is 1. The fraction of sp³-hybridized carbons (Fsp3) is 0.846. The van der Waals surface area contributed by atoms with Crippen LogP contribution in [0, 0.1) is 11.3 Å². The van der Waals surface area contributed by atoms with Crippen molar-refractivity contribution < 1.29 is 9.59 Å². The van der Waals surface area contributed by atoms with Crippen LogP contribution in [0.5, 0.6) is 0 Å². The summed E-state index contributed by atoms with van der Waals surface area (Å²) in [7, 11) is 0. The van der Waals surface area contributed by atoms with Gasteiger partial charge in [0, 0.05) is 23.8 Å². The number of Topliss-reactive ketones (excluding diaryl/α,β-unsaturated/α-hetero) is 1. The Balaban J connectivity index is 2.47. The molecule has 1 amide bonds. The summed E-state index contributed by atoms with van der Waals surface area (Å²) in [6.07, 6.45) is 3.30. The molecular weight excluding hydrogens is 202 g/mol. The Kier molecular flexibility index (Phi) is 4.11. The number of rotatable bonds is 2. The van der Waals surface area contributed by atoms with E-state index in [0.29, 0.717) is 12.2 Å². The fourth-order valence-electron chi connectivity index (χ4n) is 2.03. The van der Waals surface area contributed by atoms with Crippen molar-refractivity contribution in [3.63, 3.8) is 0 Å². The second-order valence-electron chi connectivity index (χ2n) is 5.77. The number of ketones is 1. The van der Waals surface area contributed by atoms with Crippen molar-refractivity contribution in [3.8, 4) is 0 Å². The van der Waals surface area contributed by atoms with Crippen LogP contribution in [-0.4, -0.2) is 17.7 Å². The smallest absolute Gasteiger partial charge is 0.225 e. The first-order valence-corrected chi connectivity index (χ1v) is 6.18. The van der Waals surface area contributed by atoms with Crippen LogP contribution >= 0.6 is 0 Å². The molecule has 0 aliphatic heterocycles. The van der Waals surface area contributed by atoms with Gasteiger partial charge in [-0.2, -0.15) is 0 Å². The molecule has 1 saturated carbocycles. The molecule has 1 N–H and O–H groups in total. The van der Waals surface area contributed by atoms with Crippen molar-refractivity contribution in [2.75, 3.05) is 0 Å². The van der Waals surface area contributed by atoms with E-state index in [2.05, 4.69) is 12.2 Å². The predicted octanol–water partition coefficient (Wildman–Crippen LogP) is 2.30. The van der Waals surface area contributed by atoms with E-state index in [1.54, 1.807) is 0 Å². The Morgan fingerprint density at radius 1 is 1.38 bits per heavy atom. The summed E-state index contributed by atoms with van der Waals surface area (Å²) in [6, 6.07) is 0.0574. The lowest BCUT2D eigenvalue weighted by Gasteiger charge is -2.29. The average Bonchev–Trinajstić information content (AvgIpc) is 2.16. The quantitative estimate of drug-likeness (QED) is 0.783. The largest absolute Gasteiger partial charge is 0.352 e. The lowest BCUT2D eigenvalue weighted by molar-refractivity contribution is -0.131. The van der Waals surface area contributed by atoms with Gasteiger partial charge in [-0.15, -0.1) is 0 Å². The van der Waals surface area contributed by atoms with Gasteiger partial charge in [0.05, 0.1) is 0 Å². The Bertz CT molecular complexity index is 278. The molecule has 0 heterocycles. The first kappa shape index (κ1) is 13.2. The first-order chi connectivity index (χ1) is 7.34. The van der Waals surface area contributed by atoms with Gasteiger partial charge in [-0.05, 0) is 19.3 Å². The van der Waals surface area contributed by atoms with Crippen LogP contribution < -0.4 is 5.32 Å². The van der Waals surface area contributed by atoms with E-state index < -0.39 is 0 Å². The number of carbonyl (C=O) groups is 2. The van der Waals surface area contributed by atoms with Gasteiger partial charge >= 0.3 is 0 Å².